The monoisotopic (exact) mass is 80.1 g/mol. The van der Waals surface area contributed by atoms with E-state index in [2.05, 4.69) is 0 Å². The van der Waals surface area contributed by atoms with Crippen LogP contribution in [-0.4, -0.2) is 10.5 Å². The minimum atomic E-state index is 0. The zero-order chi connectivity index (χ0) is 2.00. The molecule has 28 valence electrons. The molecule has 6 heteroatoms. The Morgan fingerprint density at radius 3 is 0.714 bits per heavy atom. The molecule has 0 fully saturated rings. The van der Waals surface area contributed by atoms with Crippen molar-refractivity contribution in [2.75, 3.05) is 0 Å². The molecule has 0 amide bonds. The van der Waals surface area contributed by atoms with Crippen molar-refractivity contribution in [1.82, 2.24) is 0 Å². The largest absolute Gasteiger partial charge is 1.00 e. The Labute approximate surface area is 96.9 Å². The van der Waals surface area contributed by atoms with Crippen LogP contribution in [0.4, 0.5) is 0 Å². The molecular formula is CH8Li4O2. The van der Waals surface area contributed by atoms with E-state index in [0.717, 1.165) is 0 Å². The Bertz CT molecular complexity index is 18.5. The molecule has 0 aromatic rings. The summed E-state index contributed by atoms with van der Waals surface area (Å²) in [6.45, 7) is 0. The van der Waals surface area contributed by atoms with Crippen LogP contribution in [0.2, 0.25) is 0 Å². The van der Waals surface area contributed by atoms with Crippen molar-refractivity contribution < 1.29 is 90.2 Å². The molecule has 0 aliphatic heterocycles. The third-order valence-corrected chi connectivity index (χ3v) is 0. The first kappa shape index (κ1) is 58.7. The molecule has 0 rings (SSSR count). The van der Waals surface area contributed by atoms with Gasteiger partial charge in [0.2, 0.25) is 0 Å². The van der Waals surface area contributed by atoms with E-state index in [1.165, 1.54) is 0 Å². The number of hydrogen-bond acceptors (Lipinski definition) is 2. The molecule has 0 radical (unpaired) electrons. The first-order chi connectivity index (χ1) is 1.00. The van der Waals surface area contributed by atoms with E-state index >= 15 is 0 Å². The van der Waals surface area contributed by atoms with E-state index in [9.17, 15) is 0 Å². The molecule has 7 heavy (non-hydrogen) atoms. The summed E-state index contributed by atoms with van der Waals surface area (Å²) >= 11 is 0. The van der Waals surface area contributed by atoms with Crippen LogP contribution in [-0.2, 0) is 0 Å². The van der Waals surface area contributed by atoms with Crippen LogP contribution in [0.3, 0.4) is 0 Å². The Morgan fingerprint density at radius 2 is 0.714 bits per heavy atom. The van der Waals surface area contributed by atoms with Crippen molar-refractivity contribution in [2.24, 2.45) is 0 Å². The van der Waals surface area contributed by atoms with Crippen LogP contribution in [0.1, 0.15) is 4.28 Å². The Hall–Kier alpha value is 2.31. The van der Waals surface area contributed by atoms with Gasteiger partial charge < -0.3 is 11.7 Å². The van der Waals surface area contributed by atoms with Crippen molar-refractivity contribution in [3.8, 4) is 0 Å². The van der Waals surface area contributed by atoms with Gasteiger partial charge in [0.1, 0.15) is 0 Å². The summed E-state index contributed by atoms with van der Waals surface area (Å²) in [7, 11) is 0. The Balaban J connectivity index is -0.000000000179. The zero-order valence-electron chi connectivity index (χ0n) is 8.89. The molecule has 0 saturated carbocycles. The molecule has 0 heterocycles. The van der Waals surface area contributed by atoms with Crippen molar-refractivity contribution in [3.63, 3.8) is 0 Å². The van der Waals surface area contributed by atoms with Crippen LogP contribution in [0, 0.1) is 7.43 Å². The average Bonchev–Trinajstić information content (AvgIpc) is 1.00. The maximum Gasteiger partial charge on any atom is 1.00 e. The van der Waals surface area contributed by atoms with Crippen LogP contribution < -0.4 is 75.4 Å². The van der Waals surface area contributed by atoms with E-state index < -0.39 is 0 Å². The second-order valence-corrected chi connectivity index (χ2v) is 0. The van der Waals surface area contributed by atoms with Crippen molar-refractivity contribution >= 4 is 0 Å². The molecule has 0 aliphatic rings. The van der Waals surface area contributed by atoms with Gasteiger partial charge in [0.05, 0.1) is 0 Å². The first-order valence-electron chi connectivity index (χ1n) is 0.200. The van der Waals surface area contributed by atoms with Gasteiger partial charge in [-0.25, -0.2) is 0 Å². The van der Waals surface area contributed by atoms with Gasteiger partial charge in [0, 0.05) is 0 Å². The summed E-state index contributed by atoms with van der Waals surface area (Å²) < 4.78 is 0. The minimum absolute atomic E-state index is 0. The van der Waals surface area contributed by atoms with Gasteiger partial charge in [-0.2, -0.15) is 0 Å². The smallest absolute Gasteiger partial charge is 1.00 e. The molecule has 2 N–H and O–H groups in total. The predicted molar refractivity (Wildman–Crippen MR) is 15.0 cm³/mol. The molecular weight excluding hydrogens is 71.8 g/mol. The summed E-state index contributed by atoms with van der Waals surface area (Å²) in [5.74, 6) is 0. The second-order valence-electron chi connectivity index (χ2n) is 0. The van der Waals surface area contributed by atoms with Gasteiger partial charge in [0.25, 0.3) is 0 Å². The number of rotatable bonds is 0. The SMILES string of the molecule is OO.[CH3-].[H-].[H-].[H-].[Li+].[Li+].[Li+].[Li+]. The molecule has 0 atom stereocenters. The summed E-state index contributed by atoms with van der Waals surface area (Å²) in [6, 6.07) is 0. The molecule has 0 saturated heterocycles. The fraction of sp³-hybridized carbons (Fsp3) is 0. The third-order valence-electron chi connectivity index (χ3n) is 0. The molecule has 0 aliphatic carbocycles. The molecule has 0 aromatic heterocycles. The summed E-state index contributed by atoms with van der Waals surface area (Å²) in [5, 5.41) is 12.0. The Morgan fingerprint density at radius 1 is 0.714 bits per heavy atom. The summed E-state index contributed by atoms with van der Waals surface area (Å²) in [6.07, 6.45) is 0. The van der Waals surface area contributed by atoms with Gasteiger partial charge in [-0.1, -0.05) is 0 Å². The van der Waals surface area contributed by atoms with Crippen LogP contribution in [0.15, 0.2) is 0 Å². The van der Waals surface area contributed by atoms with Crippen LogP contribution in [0.25, 0.3) is 0 Å². The molecule has 0 spiro atoms. The second kappa shape index (κ2) is 83.2. The summed E-state index contributed by atoms with van der Waals surface area (Å²) in [5.41, 5.74) is 0. The van der Waals surface area contributed by atoms with Gasteiger partial charge in [-0.3, -0.25) is 10.5 Å². The van der Waals surface area contributed by atoms with E-state index in [0.29, 0.717) is 0 Å². The predicted octanol–water partition coefficient (Wildman–Crippen LogP) is -11.2. The van der Waals surface area contributed by atoms with Gasteiger partial charge in [0.15, 0.2) is 0 Å². The molecule has 2 nitrogen and oxygen atoms in total. The normalized spacial score (nSPS) is 0.857. The van der Waals surface area contributed by atoms with E-state index in [-0.39, 0.29) is 87.1 Å². The standard InChI is InChI=1S/CH3.4Li.H2O2.3H/c;;;;;1-2;;;/h1H3;;;;;1-2H;;;/q-1;4*+1;;3*-1. The van der Waals surface area contributed by atoms with E-state index in [1.54, 1.807) is 0 Å². The Kier molecular flexibility index (Phi) is 698. The maximum absolute atomic E-state index is 6.00. The minimum Gasteiger partial charge on any atom is -1.00 e. The van der Waals surface area contributed by atoms with Crippen LogP contribution in [0.5, 0.6) is 0 Å². The first-order valence-corrected chi connectivity index (χ1v) is 0.200. The van der Waals surface area contributed by atoms with Gasteiger partial charge in [-0.15, -0.1) is 0 Å². The maximum atomic E-state index is 6.00. The molecule has 0 unspecified atom stereocenters. The fourth-order valence-electron chi connectivity index (χ4n) is 0. The quantitative estimate of drug-likeness (QED) is 0.131. The van der Waals surface area contributed by atoms with E-state index in [1.807, 2.05) is 0 Å². The third kappa shape index (κ3) is 62.0. The van der Waals surface area contributed by atoms with Crippen molar-refractivity contribution in [1.29, 1.82) is 0 Å². The molecule has 0 aromatic carbocycles. The topological polar surface area (TPSA) is 40.5 Å². The van der Waals surface area contributed by atoms with E-state index in [4.69, 9.17) is 10.5 Å². The average molecular weight is 79.8 g/mol. The zero-order valence-corrected chi connectivity index (χ0v) is 5.89. The number of hydrogen-bond donors (Lipinski definition) is 2. The summed E-state index contributed by atoms with van der Waals surface area (Å²) in [4.78, 5) is 0. The van der Waals surface area contributed by atoms with Crippen molar-refractivity contribution in [2.45, 2.75) is 0 Å². The van der Waals surface area contributed by atoms with Crippen LogP contribution >= 0.6 is 0 Å². The van der Waals surface area contributed by atoms with Crippen molar-refractivity contribution in [3.05, 3.63) is 7.43 Å². The van der Waals surface area contributed by atoms with Gasteiger partial charge >= 0.3 is 75.4 Å². The molecule has 0 bridgehead atoms. The van der Waals surface area contributed by atoms with Gasteiger partial charge in [-0.05, 0) is 0 Å². The fourth-order valence-corrected chi connectivity index (χ4v) is 0.